The van der Waals surface area contributed by atoms with E-state index in [-0.39, 0.29) is 24.0 Å². The molecule has 0 spiro atoms. The summed E-state index contributed by atoms with van der Waals surface area (Å²) in [6, 6.07) is 11.3. The summed E-state index contributed by atoms with van der Waals surface area (Å²) in [7, 11) is 1.79. The largest absolute Gasteiger partial charge is 0.375 e. The number of aliphatic imine (C=N–C) groups is 1. The average Bonchev–Trinajstić information content (AvgIpc) is 2.56. The Labute approximate surface area is 170 Å². The molecular formula is C19H35IN4O. The van der Waals surface area contributed by atoms with Crippen molar-refractivity contribution in [1.29, 1.82) is 0 Å². The first-order chi connectivity index (χ1) is 11.5. The number of nitrogens with zero attached hydrogens (tertiary/aromatic N) is 2. The van der Waals surface area contributed by atoms with Crippen LogP contribution in [0.3, 0.4) is 0 Å². The Bertz CT molecular complexity index is 458. The summed E-state index contributed by atoms with van der Waals surface area (Å²) in [4.78, 5) is 6.71. The standard InChI is InChI=1S/C19H34N4O.HI/c1-16(2)23(17(3)4)13-11-21-19(20-5)22-12-14-24-15-18-9-7-6-8-10-18;/h6-10,16-17H,11-15H2,1-5H3,(H2,20,21,22);1H. The number of nitrogens with one attached hydrogen (secondary N) is 2. The molecule has 0 atom stereocenters. The molecular weight excluding hydrogens is 427 g/mol. The van der Waals surface area contributed by atoms with Crippen LogP contribution in [0.2, 0.25) is 0 Å². The SMILES string of the molecule is CN=C(NCCOCc1ccccc1)NCCN(C(C)C)C(C)C.I. The Kier molecular flexibility index (Phi) is 13.8. The molecule has 0 bridgehead atoms. The smallest absolute Gasteiger partial charge is 0.191 e. The molecule has 0 unspecified atom stereocenters. The van der Waals surface area contributed by atoms with Crippen LogP contribution in [0.15, 0.2) is 35.3 Å². The Hall–Kier alpha value is -0.860. The van der Waals surface area contributed by atoms with Gasteiger partial charge in [0.1, 0.15) is 0 Å². The third-order valence-electron chi connectivity index (χ3n) is 3.86. The zero-order chi connectivity index (χ0) is 17.8. The van der Waals surface area contributed by atoms with Crippen LogP contribution in [-0.4, -0.2) is 56.2 Å². The molecule has 0 aliphatic heterocycles. The van der Waals surface area contributed by atoms with Crippen LogP contribution in [0.5, 0.6) is 0 Å². The van der Waals surface area contributed by atoms with E-state index in [0.29, 0.717) is 25.3 Å². The zero-order valence-corrected chi connectivity index (χ0v) is 18.6. The summed E-state index contributed by atoms with van der Waals surface area (Å²) >= 11 is 0. The highest BCUT2D eigenvalue weighted by atomic mass is 127. The van der Waals surface area contributed by atoms with Gasteiger partial charge in [-0.1, -0.05) is 30.3 Å². The topological polar surface area (TPSA) is 48.9 Å². The lowest BCUT2D eigenvalue weighted by Crippen LogP contribution is -2.45. The fourth-order valence-electron chi connectivity index (χ4n) is 2.64. The van der Waals surface area contributed by atoms with E-state index < -0.39 is 0 Å². The highest BCUT2D eigenvalue weighted by Gasteiger charge is 2.12. The summed E-state index contributed by atoms with van der Waals surface area (Å²) < 4.78 is 5.67. The second-order valence-corrected chi connectivity index (χ2v) is 6.39. The van der Waals surface area contributed by atoms with Crippen LogP contribution in [0.1, 0.15) is 33.3 Å². The van der Waals surface area contributed by atoms with Crippen LogP contribution in [0, 0.1) is 0 Å². The highest BCUT2D eigenvalue weighted by molar-refractivity contribution is 14.0. The van der Waals surface area contributed by atoms with Gasteiger partial charge in [-0.25, -0.2) is 0 Å². The molecule has 1 aromatic carbocycles. The molecule has 0 radical (unpaired) electrons. The molecule has 0 aliphatic rings. The maximum atomic E-state index is 5.67. The maximum absolute atomic E-state index is 5.67. The number of rotatable bonds is 10. The fourth-order valence-corrected chi connectivity index (χ4v) is 2.64. The second kappa shape index (κ2) is 14.3. The van der Waals surface area contributed by atoms with E-state index in [9.17, 15) is 0 Å². The van der Waals surface area contributed by atoms with Crippen LogP contribution >= 0.6 is 24.0 Å². The monoisotopic (exact) mass is 462 g/mol. The van der Waals surface area contributed by atoms with Gasteiger partial charge in [0, 0.05) is 38.8 Å². The van der Waals surface area contributed by atoms with Crippen LogP contribution in [0.4, 0.5) is 0 Å². The van der Waals surface area contributed by atoms with Gasteiger partial charge in [-0.15, -0.1) is 24.0 Å². The lowest BCUT2D eigenvalue weighted by atomic mass is 10.2. The minimum Gasteiger partial charge on any atom is -0.375 e. The van der Waals surface area contributed by atoms with Crippen molar-refractivity contribution in [3.05, 3.63) is 35.9 Å². The molecule has 6 heteroatoms. The number of halogens is 1. The predicted molar refractivity (Wildman–Crippen MR) is 118 cm³/mol. The molecule has 0 aliphatic carbocycles. The number of guanidine groups is 1. The van der Waals surface area contributed by atoms with Gasteiger partial charge in [-0.05, 0) is 33.3 Å². The van der Waals surface area contributed by atoms with E-state index in [1.165, 1.54) is 5.56 Å². The van der Waals surface area contributed by atoms with E-state index >= 15 is 0 Å². The highest BCUT2D eigenvalue weighted by Crippen LogP contribution is 2.03. The molecule has 0 aromatic heterocycles. The van der Waals surface area contributed by atoms with Crippen molar-refractivity contribution in [2.45, 2.75) is 46.4 Å². The third kappa shape index (κ3) is 10.7. The van der Waals surface area contributed by atoms with E-state index in [1.807, 2.05) is 18.2 Å². The maximum Gasteiger partial charge on any atom is 0.191 e. The molecule has 0 saturated heterocycles. The molecule has 25 heavy (non-hydrogen) atoms. The van der Waals surface area contributed by atoms with Gasteiger partial charge >= 0.3 is 0 Å². The van der Waals surface area contributed by atoms with Gasteiger partial charge < -0.3 is 15.4 Å². The first-order valence-electron chi connectivity index (χ1n) is 8.86. The molecule has 0 saturated carbocycles. The number of benzene rings is 1. The lowest BCUT2D eigenvalue weighted by molar-refractivity contribution is 0.125. The van der Waals surface area contributed by atoms with Crippen LogP contribution in [0.25, 0.3) is 0 Å². The van der Waals surface area contributed by atoms with Crippen molar-refractivity contribution in [2.75, 3.05) is 33.3 Å². The van der Waals surface area contributed by atoms with Gasteiger partial charge in [0.2, 0.25) is 0 Å². The molecule has 5 nitrogen and oxygen atoms in total. The van der Waals surface area contributed by atoms with Gasteiger partial charge in [-0.3, -0.25) is 9.89 Å². The number of ether oxygens (including phenoxy) is 1. The Morgan fingerprint density at radius 3 is 2.20 bits per heavy atom. The summed E-state index contributed by atoms with van der Waals surface area (Å²) in [6.07, 6.45) is 0. The van der Waals surface area contributed by atoms with Crippen molar-refractivity contribution in [1.82, 2.24) is 15.5 Å². The third-order valence-corrected chi connectivity index (χ3v) is 3.86. The van der Waals surface area contributed by atoms with Crippen molar-refractivity contribution < 1.29 is 4.74 Å². The Balaban J connectivity index is 0.00000576. The molecule has 1 aromatic rings. The Morgan fingerprint density at radius 1 is 1.04 bits per heavy atom. The first-order valence-corrected chi connectivity index (χ1v) is 8.86. The second-order valence-electron chi connectivity index (χ2n) is 6.39. The van der Waals surface area contributed by atoms with Crippen molar-refractivity contribution in [3.8, 4) is 0 Å². The molecule has 0 fully saturated rings. The average molecular weight is 462 g/mol. The first kappa shape index (κ1) is 24.1. The molecule has 2 N–H and O–H groups in total. The van der Waals surface area contributed by atoms with E-state index in [4.69, 9.17) is 4.74 Å². The normalized spacial score (nSPS) is 11.8. The minimum atomic E-state index is 0. The summed E-state index contributed by atoms with van der Waals surface area (Å²) in [5.41, 5.74) is 1.20. The predicted octanol–water partition coefficient (Wildman–Crippen LogP) is 3.11. The lowest BCUT2D eigenvalue weighted by Gasteiger charge is -2.30. The van der Waals surface area contributed by atoms with Crippen molar-refractivity contribution in [3.63, 3.8) is 0 Å². The summed E-state index contributed by atoms with van der Waals surface area (Å²) in [5.74, 6) is 0.825. The quantitative estimate of drug-likeness (QED) is 0.243. The van der Waals surface area contributed by atoms with Crippen LogP contribution in [-0.2, 0) is 11.3 Å². The van der Waals surface area contributed by atoms with E-state index in [1.54, 1.807) is 7.05 Å². The Morgan fingerprint density at radius 2 is 1.64 bits per heavy atom. The molecule has 0 amide bonds. The molecule has 0 heterocycles. The molecule has 1 rings (SSSR count). The zero-order valence-electron chi connectivity index (χ0n) is 16.3. The fraction of sp³-hybridized carbons (Fsp3) is 0.632. The van der Waals surface area contributed by atoms with Crippen LogP contribution < -0.4 is 10.6 Å². The van der Waals surface area contributed by atoms with Gasteiger partial charge in [0.25, 0.3) is 0 Å². The minimum absolute atomic E-state index is 0. The van der Waals surface area contributed by atoms with E-state index in [0.717, 1.165) is 25.6 Å². The molecule has 144 valence electrons. The van der Waals surface area contributed by atoms with Gasteiger partial charge in [-0.2, -0.15) is 0 Å². The van der Waals surface area contributed by atoms with Crippen molar-refractivity contribution >= 4 is 29.9 Å². The summed E-state index contributed by atoms with van der Waals surface area (Å²) in [6.45, 7) is 12.8. The number of hydrogen-bond acceptors (Lipinski definition) is 3. The van der Waals surface area contributed by atoms with Crippen molar-refractivity contribution in [2.24, 2.45) is 4.99 Å². The number of hydrogen-bond donors (Lipinski definition) is 2. The van der Waals surface area contributed by atoms with Gasteiger partial charge in [0.15, 0.2) is 5.96 Å². The van der Waals surface area contributed by atoms with Gasteiger partial charge in [0.05, 0.1) is 13.2 Å². The summed E-state index contributed by atoms with van der Waals surface area (Å²) in [5, 5.41) is 6.64. The van der Waals surface area contributed by atoms with E-state index in [2.05, 4.69) is 60.4 Å².